The van der Waals surface area contributed by atoms with Crippen molar-refractivity contribution in [3.63, 3.8) is 0 Å². The lowest BCUT2D eigenvalue weighted by atomic mass is 9.53. The predicted molar refractivity (Wildman–Crippen MR) is 133 cm³/mol. The lowest BCUT2D eigenvalue weighted by Crippen LogP contribution is -2.60. The molecule has 1 N–H and O–H groups in total. The third kappa shape index (κ3) is 3.98. The molecule has 0 atom stereocenters. The van der Waals surface area contributed by atoms with E-state index in [1.54, 1.807) is 0 Å². The highest BCUT2D eigenvalue weighted by molar-refractivity contribution is 6.42. The maximum Gasteiger partial charge on any atom is 0.338 e. The van der Waals surface area contributed by atoms with E-state index in [-0.39, 0.29) is 45.5 Å². The van der Waals surface area contributed by atoms with E-state index in [2.05, 4.69) is 5.32 Å². The topological polar surface area (TPSA) is 92.8 Å². The van der Waals surface area contributed by atoms with Crippen molar-refractivity contribution in [1.82, 2.24) is 5.32 Å². The van der Waals surface area contributed by atoms with Gasteiger partial charge in [-0.05, 0) is 92.7 Å². The molecule has 1 aliphatic heterocycles. The van der Waals surface area contributed by atoms with Gasteiger partial charge in [0.2, 0.25) is 0 Å². The van der Waals surface area contributed by atoms with Crippen LogP contribution in [0.3, 0.4) is 0 Å². The molecule has 1 heterocycles. The first-order valence-electron chi connectivity index (χ1n) is 12.2. The van der Waals surface area contributed by atoms with Crippen LogP contribution in [0.1, 0.15) is 69.6 Å². The molecular weight excluding hydrogens is 503 g/mol. The highest BCUT2D eigenvalue weighted by Gasteiger charge is 2.51. The normalized spacial score (nSPS) is 27.8. The number of carbonyl (C=O) groups excluding carboxylic acids is 4. The Morgan fingerprint density at radius 2 is 1.53 bits per heavy atom. The van der Waals surface area contributed by atoms with E-state index in [4.69, 9.17) is 27.9 Å². The molecule has 4 fully saturated rings. The Hall–Kier alpha value is -2.90. The van der Waals surface area contributed by atoms with Gasteiger partial charge in [0.15, 0.2) is 6.61 Å². The Balaban J connectivity index is 1.12. The average Bonchev–Trinajstić information content (AvgIpc) is 3.07. The van der Waals surface area contributed by atoms with Crippen LogP contribution in [0.2, 0.25) is 10.0 Å². The van der Waals surface area contributed by atoms with E-state index >= 15 is 0 Å². The van der Waals surface area contributed by atoms with Crippen LogP contribution in [-0.4, -0.2) is 35.8 Å². The van der Waals surface area contributed by atoms with Crippen LogP contribution in [0.25, 0.3) is 0 Å². The van der Waals surface area contributed by atoms with Crippen molar-refractivity contribution >= 4 is 52.6 Å². The van der Waals surface area contributed by atoms with E-state index in [9.17, 15) is 19.2 Å². The van der Waals surface area contributed by atoms with Crippen molar-refractivity contribution in [3.05, 3.63) is 63.1 Å². The van der Waals surface area contributed by atoms with Crippen LogP contribution in [0.4, 0.5) is 5.69 Å². The number of hydrogen-bond donors (Lipinski definition) is 1. The van der Waals surface area contributed by atoms with Crippen molar-refractivity contribution in [2.75, 3.05) is 11.5 Å². The van der Waals surface area contributed by atoms with Gasteiger partial charge in [-0.3, -0.25) is 14.4 Å². The molecule has 0 saturated heterocycles. The predicted octanol–water partition coefficient (Wildman–Crippen LogP) is 5.04. The highest BCUT2D eigenvalue weighted by atomic mass is 35.5. The standard InChI is InChI=1S/C27H24Cl2N2O5/c28-21-4-2-18(9-22(21)29)31-24(33)19-3-1-17(8-20(19)25(31)34)26(35)36-13-23(32)30-27-10-14-5-15(11-27)7-16(6-14)12-27/h1-4,8-9,14-16H,5-7,10-13H2,(H,30,32). The summed E-state index contributed by atoms with van der Waals surface area (Å²) in [5.74, 6) is -0.0706. The van der Waals surface area contributed by atoms with E-state index < -0.39 is 17.8 Å². The summed E-state index contributed by atoms with van der Waals surface area (Å²) in [5, 5.41) is 3.69. The fourth-order valence-electron chi connectivity index (χ4n) is 7.04. The number of amides is 3. The second-order valence-electron chi connectivity index (χ2n) is 10.6. The van der Waals surface area contributed by atoms with Crippen LogP contribution in [0.5, 0.6) is 0 Å². The van der Waals surface area contributed by atoms with Gasteiger partial charge >= 0.3 is 5.97 Å². The van der Waals surface area contributed by atoms with E-state index in [0.29, 0.717) is 22.8 Å². The second-order valence-corrected chi connectivity index (χ2v) is 11.4. The molecular formula is C27H24Cl2N2O5. The number of benzene rings is 2. The lowest BCUT2D eigenvalue weighted by molar-refractivity contribution is -0.130. The first-order chi connectivity index (χ1) is 17.2. The molecule has 2 aromatic rings. The summed E-state index contributed by atoms with van der Waals surface area (Å²) >= 11 is 12.0. The summed E-state index contributed by atoms with van der Waals surface area (Å²) in [6.07, 6.45) is 6.84. The highest BCUT2D eigenvalue weighted by Crippen LogP contribution is 2.55. The first-order valence-corrected chi connectivity index (χ1v) is 12.9. The van der Waals surface area contributed by atoms with Gasteiger partial charge in [-0.25, -0.2) is 9.69 Å². The van der Waals surface area contributed by atoms with Crippen LogP contribution < -0.4 is 10.2 Å². The average molecular weight is 527 g/mol. The van der Waals surface area contributed by atoms with Crippen molar-refractivity contribution in [1.29, 1.82) is 0 Å². The molecule has 4 aliphatic carbocycles. The quantitative estimate of drug-likeness (QED) is 0.435. The molecule has 5 aliphatic rings. The molecule has 3 amide bonds. The van der Waals surface area contributed by atoms with Crippen molar-refractivity contribution < 1.29 is 23.9 Å². The van der Waals surface area contributed by atoms with Crippen LogP contribution >= 0.6 is 23.2 Å². The van der Waals surface area contributed by atoms with Gasteiger partial charge in [-0.2, -0.15) is 0 Å². The molecule has 4 bridgehead atoms. The Labute approximate surface area is 218 Å². The minimum absolute atomic E-state index is 0.0820. The Morgan fingerprint density at radius 3 is 2.17 bits per heavy atom. The smallest absolute Gasteiger partial charge is 0.338 e. The van der Waals surface area contributed by atoms with Gasteiger partial charge < -0.3 is 10.1 Å². The van der Waals surface area contributed by atoms with Gasteiger partial charge in [-0.15, -0.1) is 0 Å². The number of nitrogens with one attached hydrogen (secondary N) is 1. The Kier molecular flexibility index (Phi) is 5.61. The van der Waals surface area contributed by atoms with Gasteiger partial charge in [-0.1, -0.05) is 23.2 Å². The molecule has 2 aromatic carbocycles. The third-order valence-corrected chi connectivity index (χ3v) is 8.80. The number of halogens is 2. The van der Waals surface area contributed by atoms with Crippen molar-refractivity contribution in [2.45, 2.75) is 44.1 Å². The van der Waals surface area contributed by atoms with Crippen LogP contribution in [0.15, 0.2) is 36.4 Å². The summed E-state index contributed by atoms with van der Waals surface area (Å²) in [6.45, 7) is -0.389. The zero-order chi connectivity index (χ0) is 25.2. The molecule has 0 radical (unpaired) electrons. The van der Waals surface area contributed by atoms with E-state index in [1.807, 2.05) is 0 Å². The number of imide groups is 1. The minimum Gasteiger partial charge on any atom is -0.452 e. The minimum atomic E-state index is -0.730. The monoisotopic (exact) mass is 526 g/mol. The third-order valence-electron chi connectivity index (χ3n) is 8.06. The zero-order valence-corrected chi connectivity index (χ0v) is 20.9. The zero-order valence-electron chi connectivity index (χ0n) is 19.4. The second kappa shape index (κ2) is 8.60. The van der Waals surface area contributed by atoms with Gasteiger partial charge in [0.25, 0.3) is 17.7 Å². The number of esters is 1. The molecule has 36 heavy (non-hydrogen) atoms. The van der Waals surface area contributed by atoms with Gasteiger partial charge in [0.05, 0.1) is 32.4 Å². The lowest BCUT2D eigenvalue weighted by Gasteiger charge is -2.56. The molecule has 7 nitrogen and oxygen atoms in total. The first kappa shape index (κ1) is 23.5. The fraction of sp³-hybridized carbons (Fsp3) is 0.407. The fourth-order valence-corrected chi connectivity index (χ4v) is 7.33. The molecule has 9 heteroatoms. The summed E-state index contributed by atoms with van der Waals surface area (Å²) in [7, 11) is 0. The maximum atomic E-state index is 13.0. The number of nitrogens with zero attached hydrogens (tertiary/aromatic N) is 1. The SMILES string of the molecule is O=C(COC(=O)c1ccc2c(c1)C(=O)N(c1ccc(Cl)c(Cl)c1)C2=O)NC12CC3CC(CC(C3)C1)C2. The van der Waals surface area contributed by atoms with Crippen molar-refractivity contribution in [2.24, 2.45) is 17.8 Å². The number of anilines is 1. The maximum absolute atomic E-state index is 13.0. The van der Waals surface area contributed by atoms with Crippen LogP contribution in [-0.2, 0) is 9.53 Å². The summed E-state index contributed by atoms with van der Waals surface area (Å²) in [4.78, 5) is 52.2. The number of carbonyl (C=O) groups is 4. The van der Waals surface area contributed by atoms with E-state index in [0.717, 1.165) is 24.2 Å². The summed E-state index contributed by atoms with van der Waals surface area (Å²) in [5.41, 5.74) is 0.461. The van der Waals surface area contributed by atoms with E-state index in [1.165, 1.54) is 55.7 Å². The molecule has 4 saturated carbocycles. The van der Waals surface area contributed by atoms with Crippen LogP contribution in [0, 0.1) is 17.8 Å². The number of ether oxygens (including phenoxy) is 1. The summed E-state index contributed by atoms with van der Waals surface area (Å²) < 4.78 is 5.27. The number of fused-ring (bicyclic) bond motifs is 1. The largest absolute Gasteiger partial charge is 0.452 e. The molecule has 0 aromatic heterocycles. The molecule has 0 unspecified atom stereocenters. The van der Waals surface area contributed by atoms with Gasteiger partial charge in [0.1, 0.15) is 0 Å². The molecule has 0 spiro atoms. The number of hydrogen-bond acceptors (Lipinski definition) is 5. The molecule has 186 valence electrons. The van der Waals surface area contributed by atoms with Gasteiger partial charge in [0, 0.05) is 5.54 Å². The molecule has 7 rings (SSSR count). The van der Waals surface area contributed by atoms with Crippen molar-refractivity contribution in [3.8, 4) is 0 Å². The number of rotatable bonds is 5. The summed E-state index contributed by atoms with van der Waals surface area (Å²) in [6, 6.07) is 8.62. The Morgan fingerprint density at radius 1 is 0.889 bits per heavy atom. The Bertz CT molecular complexity index is 1290.